The molecule has 2 aromatic rings. The van der Waals surface area contributed by atoms with Crippen LogP contribution in [-0.4, -0.2) is 23.9 Å². The van der Waals surface area contributed by atoms with Gasteiger partial charge in [-0.25, -0.2) is 0 Å². The van der Waals surface area contributed by atoms with E-state index in [9.17, 15) is 9.59 Å². The first-order valence-corrected chi connectivity index (χ1v) is 8.23. The second-order valence-electron chi connectivity index (χ2n) is 6.61. The molecule has 1 saturated carbocycles. The molecule has 2 atom stereocenters. The summed E-state index contributed by atoms with van der Waals surface area (Å²) in [6.45, 7) is 0.920. The maximum absolute atomic E-state index is 12.9. The molecule has 1 aliphatic carbocycles. The van der Waals surface area contributed by atoms with Gasteiger partial charge in [0, 0.05) is 31.3 Å². The highest BCUT2D eigenvalue weighted by molar-refractivity contribution is 6.12. The lowest BCUT2D eigenvalue weighted by atomic mass is 9.96. The molecule has 0 spiro atoms. The monoisotopic (exact) mass is 308 g/mol. The van der Waals surface area contributed by atoms with Crippen molar-refractivity contribution in [2.24, 2.45) is 5.92 Å². The van der Waals surface area contributed by atoms with Gasteiger partial charge in [0.15, 0.2) is 5.78 Å². The normalized spacial score (nSPS) is 22.6. The molecule has 2 unspecified atom stereocenters. The molecule has 0 saturated heterocycles. The predicted octanol–water partition coefficient (Wildman–Crippen LogP) is 2.87. The van der Waals surface area contributed by atoms with E-state index >= 15 is 0 Å². The van der Waals surface area contributed by atoms with Crippen LogP contribution >= 0.6 is 0 Å². The number of rotatable bonds is 2. The summed E-state index contributed by atoms with van der Waals surface area (Å²) in [7, 11) is 1.99. The first kappa shape index (κ1) is 14.2. The van der Waals surface area contributed by atoms with Crippen LogP contribution in [0.3, 0.4) is 0 Å². The molecule has 1 fully saturated rings. The van der Waals surface area contributed by atoms with Crippen molar-refractivity contribution >= 4 is 11.6 Å². The van der Waals surface area contributed by atoms with Gasteiger partial charge < -0.3 is 4.90 Å². The summed E-state index contributed by atoms with van der Waals surface area (Å²) in [6.07, 6.45) is 3.36. The second kappa shape index (κ2) is 5.37. The van der Waals surface area contributed by atoms with Gasteiger partial charge in [-0.05, 0) is 24.8 Å². The largest absolute Gasteiger partial charge is 0.360 e. The van der Waals surface area contributed by atoms with Crippen LogP contribution in [0.15, 0.2) is 47.3 Å². The lowest BCUT2D eigenvalue weighted by Crippen LogP contribution is -2.43. The number of benzene rings is 1. The van der Waals surface area contributed by atoms with Crippen LogP contribution in [0.4, 0.5) is 5.82 Å². The molecule has 1 aromatic heterocycles. The molecule has 0 bridgehead atoms. The second-order valence-corrected chi connectivity index (χ2v) is 6.61. The van der Waals surface area contributed by atoms with Crippen molar-refractivity contribution in [3.63, 3.8) is 0 Å². The lowest BCUT2D eigenvalue weighted by Gasteiger charge is -2.38. The van der Waals surface area contributed by atoms with E-state index in [4.69, 9.17) is 0 Å². The van der Waals surface area contributed by atoms with Crippen molar-refractivity contribution in [3.05, 3.63) is 63.9 Å². The Balaban J connectivity index is 1.89. The number of carbonyl (C=O) groups excluding carboxylic acids is 1. The smallest absolute Gasteiger partial charge is 0.252 e. The fraction of sp³-hybridized carbons (Fsp3) is 0.368. The van der Waals surface area contributed by atoms with Crippen molar-refractivity contribution in [3.8, 4) is 0 Å². The molecule has 2 aliphatic rings. The van der Waals surface area contributed by atoms with Crippen LogP contribution in [0.5, 0.6) is 0 Å². The van der Waals surface area contributed by atoms with E-state index in [1.165, 1.54) is 0 Å². The van der Waals surface area contributed by atoms with Crippen molar-refractivity contribution in [2.75, 3.05) is 18.5 Å². The van der Waals surface area contributed by atoms with E-state index in [0.717, 1.165) is 31.6 Å². The molecule has 0 N–H and O–H groups in total. The summed E-state index contributed by atoms with van der Waals surface area (Å²) in [6, 6.07) is 12.8. The van der Waals surface area contributed by atoms with Gasteiger partial charge >= 0.3 is 0 Å². The maximum Gasteiger partial charge on any atom is 0.252 e. The number of carbonyl (C=O) groups is 1. The molecule has 1 aliphatic heterocycles. The Kier molecular flexibility index (Phi) is 3.33. The summed E-state index contributed by atoms with van der Waals surface area (Å²) in [5.41, 5.74) is 1.30. The van der Waals surface area contributed by atoms with E-state index in [0.29, 0.717) is 17.0 Å². The first-order valence-electron chi connectivity index (χ1n) is 8.23. The Morgan fingerprint density at radius 1 is 1.09 bits per heavy atom. The van der Waals surface area contributed by atoms with E-state index in [2.05, 4.69) is 4.90 Å². The van der Waals surface area contributed by atoms with E-state index in [1.54, 1.807) is 12.1 Å². The van der Waals surface area contributed by atoms with Crippen molar-refractivity contribution in [1.29, 1.82) is 0 Å². The van der Waals surface area contributed by atoms with E-state index < -0.39 is 0 Å². The number of fused-ring (bicyclic) bond motifs is 3. The summed E-state index contributed by atoms with van der Waals surface area (Å²) in [4.78, 5) is 27.5. The minimum Gasteiger partial charge on any atom is -0.360 e. The zero-order valence-electron chi connectivity index (χ0n) is 13.2. The van der Waals surface area contributed by atoms with Crippen LogP contribution in [0.25, 0.3) is 0 Å². The van der Waals surface area contributed by atoms with Crippen LogP contribution in [0, 0.1) is 5.92 Å². The van der Waals surface area contributed by atoms with Gasteiger partial charge in [0.2, 0.25) is 0 Å². The Morgan fingerprint density at radius 2 is 1.87 bits per heavy atom. The third-order valence-electron chi connectivity index (χ3n) is 5.20. The molecule has 4 rings (SSSR count). The van der Waals surface area contributed by atoms with Gasteiger partial charge in [0.25, 0.3) is 5.56 Å². The lowest BCUT2D eigenvalue weighted by molar-refractivity contribution is 0.103. The number of hydrogen-bond acceptors (Lipinski definition) is 3. The van der Waals surface area contributed by atoms with Gasteiger partial charge in [0.05, 0.1) is 5.56 Å². The van der Waals surface area contributed by atoms with Crippen LogP contribution in [0.2, 0.25) is 0 Å². The fourth-order valence-electron chi connectivity index (χ4n) is 4.18. The Labute approximate surface area is 135 Å². The Morgan fingerprint density at radius 3 is 2.65 bits per heavy atom. The Hall–Kier alpha value is -2.36. The predicted molar refractivity (Wildman–Crippen MR) is 90.2 cm³/mol. The number of hydrogen-bond donors (Lipinski definition) is 0. The van der Waals surface area contributed by atoms with Crippen molar-refractivity contribution in [1.82, 2.24) is 4.57 Å². The van der Waals surface area contributed by atoms with Crippen LogP contribution < -0.4 is 10.5 Å². The van der Waals surface area contributed by atoms with Gasteiger partial charge in [0.1, 0.15) is 5.82 Å². The highest BCUT2D eigenvalue weighted by Gasteiger charge is 2.37. The average Bonchev–Trinajstić information content (AvgIpc) is 3.03. The number of nitrogens with zero attached hydrogens (tertiary/aromatic N) is 2. The SMILES string of the molecule is CN1CC2CCCC2n2c1c(C(=O)c1ccccc1)ccc2=O. The fourth-order valence-corrected chi connectivity index (χ4v) is 4.18. The van der Waals surface area contributed by atoms with Gasteiger partial charge in [-0.3, -0.25) is 14.2 Å². The highest BCUT2D eigenvalue weighted by atomic mass is 16.1. The number of ketones is 1. The molecule has 4 nitrogen and oxygen atoms in total. The number of anilines is 1. The molecule has 2 heterocycles. The number of pyridine rings is 1. The summed E-state index contributed by atoms with van der Waals surface area (Å²) < 4.78 is 1.87. The maximum atomic E-state index is 12.9. The topological polar surface area (TPSA) is 42.3 Å². The molecule has 4 heteroatoms. The minimum absolute atomic E-state index is 0.00746. The highest BCUT2D eigenvalue weighted by Crippen LogP contribution is 2.42. The third-order valence-corrected chi connectivity index (χ3v) is 5.20. The zero-order chi connectivity index (χ0) is 16.0. The quantitative estimate of drug-likeness (QED) is 0.801. The van der Waals surface area contributed by atoms with Gasteiger partial charge in [-0.2, -0.15) is 0 Å². The third kappa shape index (κ3) is 2.21. The molecular formula is C19H20N2O2. The summed E-state index contributed by atoms with van der Waals surface area (Å²) >= 11 is 0. The molecular weight excluding hydrogens is 288 g/mol. The van der Waals surface area contributed by atoms with Crippen LogP contribution in [0.1, 0.15) is 41.2 Å². The number of aromatic nitrogens is 1. The average molecular weight is 308 g/mol. The van der Waals surface area contributed by atoms with Gasteiger partial charge in [-0.1, -0.05) is 36.8 Å². The standard InChI is InChI=1S/C19H20N2O2/c1-20-12-14-8-5-9-16(14)21-17(22)11-10-15(19(20)21)18(23)13-6-3-2-4-7-13/h2-4,6-7,10-11,14,16H,5,8-9,12H2,1H3. The van der Waals surface area contributed by atoms with Crippen molar-refractivity contribution in [2.45, 2.75) is 25.3 Å². The summed E-state index contributed by atoms with van der Waals surface area (Å²) in [5, 5.41) is 0. The van der Waals surface area contributed by atoms with Crippen LogP contribution in [-0.2, 0) is 0 Å². The molecule has 118 valence electrons. The minimum atomic E-state index is -0.0161. The van der Waals surface area contributed by atoms with Crippen molar-refractivity contribution < 1.29 is 4.79 Å². The molecule has 1 aromatic carbocycles. The molecule has 0 radical (unpaired) electrons. The summed E-state index contributed by atoms with van der Waals surface area (Å²) in [5.74, 6) is 1.29. The Bertz CT molecular complexity index is 810. The molecule has 0 amide bonds. The van der Waals surface area contributed by atoms with E-state index in [-0.39, 0.29) is 17.4 Å². The van der Waals surface area contributed by atoms with Gasteiger partial charge in [-0.15, -0.1) is 0 Å². The molecule has 23 heavy (non-hydrogen) atoms. The van der Waals surface area contributed by atoms with E-state index in [1.807, 2.05) is 41.9 Å². The first-order chi connectivity index (χ1) is 11.2. The zero-order valence-corrected chi connectivity index (χ0v) is 13.2.